The molecule has 56 valence electrons. The third-order valence-corrected chi connectivity index (χ3v) is 0. The molecule has 0 fully saturated rings. The molecule has 0 saturated heterocycles. The average Bonchev–Trinajstić information content (AvgIpc) is 1.19. The largest absolute Gasteiger partial charge is 2.00 e. The molecule has 11 heteroatoms. The molecule has 0 radical (unpaired) electrons. The second-order valence-corrected chi connectivity index (χ2v) is 1.83. The molecular formula is H3BMgNaO7P. The summed E-state index contributed by atoms with van der Waals surface area (Å²) in [6.45, 7) is 0. The Balaban J connectivity index is -0.0000000383. The van der Waals surface area contributed by atoms with E-state index in [4.69, 9.17) is 34.3 Å². The van der Waals surface area contributed by atoms with Gasteiger partial charge in [-0.15, -0.1) is 0 Å². The van der Waals surface area contributed by atoms with Gasteiger partial charge >= 0.3 is 60.4 Å². The van der Waals surface area contributed by atoms with Crippen LogP contribution >= 0.6 is 7.82 Å². The van der Waals surface area contributed by atoms with Crippen LogP contribution in [0.15, 0.2) is 0 Å². The Kier molecular flexibility index (Phi) is 24.7. The summed E-state index contributed by atoms with van der Waals surface area (Å²) in [7, 11) is -7.56. The van der Waals surface area contributed by atoms with Crippen molar-refractivity contribution in [2.75, 3.05) is 0 Å². The molecule has 0 heterocycles. The maximum atomic E-state index is 8.88. The molecule has 3 N–H and O–H groups in total. The van der Waals surface area contributed by atoms with Crippen LogP contribution in [0, 0.1) is 0 Å². The standard InChI is InChI=1S/BO3.Mg.Na.H3O4P/c2-1(3)4;;;1-5(2,3)4/h;;;(H3,1,2,3,4)/q-3;+2;+1;. The zero-order chi connectivity index (χ0) is 8.08. The van der Waals surface area contributed by atoms with Crippen LogP contribution in [0.5, 0.6) is 0 Å². The van der Waals surface area contributed by atoms with Crippen LogP contribution in [-0.2, 0) is 4.57 Å². The topological polar surface area (TPSA) is 147 Å². The van der Waals surface area contributed by atoms with Crippen LogP contribution in [0.25, 0.3) is 0 Å². The van der Waals surface area contributed by atoms with Crippen molar-refractivity contribution in [2.24, 2.45) is 0 Å². The molecular weight excluding hydrogens is 201 g/mol. The Morgan fingerprint density at radius 1 is 1.09 bits per heavy atom. The number of hydrogen-bond acceptors (Lipinski definition) is 4. The normalized spacial score (nSPS) is 7.82. The third kappa shape index (κ3) is 344. The van der Waals surface area contributed by atoms with E-state index in [1.54, 1.807) is 0 Å². The molecule has 0 aliphatic rings. The molecule has 7 nitrogen and oxygen atoms in total. The second kappa shape index (κ2) is 11.8. The molecule has 0 rings (SSSR count). The summed E-state index contributed by atoms with van der Waals surface area (Å²) >= 11 is 0. The van der Waals surface area contributed by atoms with Gasteiger partial charge in [-0.1, -0.05) is 0 Å². The fourth-order valence-corrected chi connectivity index (χ4v) is 0. The van der Waals surface area contributed by atoms with Gasteiger partial charge < -0.3 is 29.8 Å². The monoisotopic (exact) mass is 204 g/mol. The van der Waals surface area contributed by atoms with Gasteiger partial charge in [0.05, 0.1) is 0 Å². The van der Waals surface area contributed by atoms with Crippen LogP contribution < -0.4 is 44.6 Å². The van der Waals surface area contributed by atoms with Crippen molar-refractivity contribution >= 4 is 38.2 Å². The van der Waals surface area contributed by atoms with Gasteiger partial charge in [0, 0.05) is 0 Å². The summed E-state index contributed by atoms with van der Waals surface area (Å²) in [6.07, 6.45) is 0. The van der Waals surface area contributed by atoms with Crippen LogP contribution in [0.3, 0.4) is 0 Å². The molecule has 0 aromatic heterocycles. The fourth-order valence-electron chi connectivity index (χ4n) is 0. The number of phosphoric acid groups is 1. The van der Waals surface area contributed by atoms with Gasteiger partial charge in [-0.05, 0) is 0 Å². The van der Waals surface area contributed by atoms with E-state index in [1.165, 1.54) is 0 Å². The Hall–Kier alpha value is 1.82. The van der Waals surface area contributed by atoms with Crippen molar-refractivity contribution in [2.45, 2.75) is 0 Å². The summed E-state index contributed by atoms with van der Waals surface area (Å²) in [5, 5.41) is 25.2. The maximum absolute atomic E-state index is 8.88. The predicted molar refractivity (Wildman–Crippen MR) is 25.8 cm³/mol. The second-order valence-electron chi connectivity index (χ2n) is 0.802. The number of hydrogen-bond donors (Lipinski definition) is 3. The first kappa shape index (κ1) is 23.0. The smallest absolute Gasteiger partial charge is 0.907 e. The molecule has 0 atom stereocenters. The molecule has 0 amide bonds. The quantitative estimate of drug-likeness (QED) is 0.262. The van der Waals surface area contributed by atoms with Crippen molar-refractivity contribution < 1.29 is 63.9 Å². The summed E-state index contributed by atoms with van der Waals surface area (Å²) in [6, 6.07) is 0. The van der Waals surface area contributed by atoms with Gasteiger partial charge in [-0.25, -0.2) is 4.57 Å². The van der Waals surface area contributed by atoms with Crippen LogP contribution in [0.4, 0.5) is 0 Å². The van der Waals surface area contributed by atoms with E-state index in [9.17, 15) is 0 Å². The Bertz CT molecular complexity index is 89.6. The van der Waals surface area contributed by atoms with Crippen LogP contribution in [0.2, 0.25) is 0 Å². The van der Waals surface area contributed by atoms with E-state index in [0.29, 0.717) is 0 Å². The van der Waals surface area contributed by atoms with Crippen molar-refractivity contribution in [3.8, 4) is 0 Å². The first-order valence-corrected chi connectivity index (χ1v) is 3.05. The number of rotatable bonds is 0. The molecule has 0 aromatic carbocycles. The Labute approximate surface area is 101 Å². The van der Waals surface area contributed by atoms with Gasteiger partial charge in [-0.2, -0.15) is 0 Å². The molecule has 11 heavy (non-hydrogen) atoms. The summed E-state index contributed by atoms with van der Waals surface area (Å²) in [5.41, 5.74) is 0. The van der Waals surface area contributed by atoms with E-state index in [0.717, 1.165) is 0 Å². The summed E-state index contributed by atoms with van der Waals surface area (Å²) in [5.74, 6) is 0. The van der Waals surface area contributed by atoms with Crippen LogP contribution in [0.1, 0.15) is 0 Å². The molecule has 0 aliphatic carbocycles. The first-order valence-electron chi connectivity index (χ1n) is 1.49. The minimum Gasteiger partial charge on any atom is -0.907 e. The summed E-state index contributed by atoms with van der Waals surface area (Å²) in [4.78, 5) is 21.6. The van der Waals surface area contributed by atoms with E-state index in [1.807, 2.05) is 0 Å². The minimum atomic E-state index is -4.64. The molecule has 0 spiro atoms. The van der Waals surface area contributed by atoms with Crippen LogP contribution in [-0.4, -0.2) is 45.1 Å². The zero-order valence-corrected chi connectivity index (χ0v) is 10.0. The van der Waals surface area contributed by atoms with E-state index < -0.39 is 15.1 Å². The first-order chi connectivity index (χ1) is 3.73. The zero-order valence-electron chi connectivity index (χ0n) is 5.71. The molecule has 0 bridgehead atoms. The van der Waals surface area contributed by atoms with Gasteiger partial charge in [0.15, 0.2) is 0 Å². The molecule has 0 aromatic rings. The third-order valence-electron chi connectivity index (χ3n) is 0. The van der Waals surface area contributed by atoms with Crippen molar-refractivity contribution in [1.82, 2.24) is 0 Å². The van der Waals surface area contributed by atoms with Crippen molar-refractivity contribution in [3.05, 3.63) is 0 Å². The Morgan fingerprint density at radius 3 is 1.09 bits per heavy atom. The SMILES string of the molecule is O=P(O)(O)O.[Mg+2].[Na+].[O-]B([O-])[O-]. The van der Waals surface area contributed by atoms with E-state index >= 15 is 0 Å². The molecule has 0 unspecified atom stereocenters. The van der Waals surface area contributed by atoms with Crippen molar-refractivity contribution in [3.63, 3.8) is 0 Å². The van der Waals surface area contributed by atoms with E-state index in [2.05, 4.69) is 0 Å². The van der Waals surface area contributed by atoms with Gasteiger partial charge in [0.1, 0.15) is 0 Å². The maximum Gasteiger partial charge on any atom is 2.00 e. The van der Waals surface area contributed by atoms with E-state index in [-0.39, 0.29) is 52.6 Å². The van der Waals surface area contributed by atoms with Gasteiger partial charge in [-0.3, -0.25) is 7.32 Å². The van der Waals surface area contributed by atoms with Crippen molar-refractivity contribution in [1.29, 1.82) is 0 Å². The summed E-state index contributed by atoms with van der Waals surface area (Å²) < 4.78 is 8.88. The molecule has 0 aliphatic heterocycles. The van der Waals surface area contributed by atoms with Gasteiger partial charge in [0.25, 0.3) is 0 Å². The minimum absolute atomic E-state index is 0. The Morgan fingerprint density at radius 2 is 1.09 bits per heavy atom. The van der Waals surface area contributed by atoms with Gasteiger partial charge in [0.2, 0.25) is 0 Å². The fraction of sp³-hybridized carbons (Fsp3) is 0. The molecule has 0 saturated carbocycles. The predicted octanol–water partition coefficient (Wildman–Crippen LogP) is -8.25. The average molecular weight is 204 g/mol.